The smallest absolute Gasteiger partial charge is 0.269 e. The number of nitrogens with one attached hydrogen (secondary N) is 1. The minimum absolute atomic E-state index is 0.197. The van der Waals surface area contributed by atoms with Crippen molar-refractivity contribution in [1.82, 2.24) is 25.1 Å². The number of aryl methyl sites for hydroxylation is 1. The van der Waals surface area contributed by atoms with Gasteiger partial charge in [0.1, 0.15) is 11.4 Å². The number of amides is 1. The van der Waals surface area contributed by atoms with Gasteiger partial charge in [-0.2, -0.15) is 5.10 Å². The third kappa shape index (κ3) is 4.42. The molecule has 0 atom stereocenters. The molecule has 156 valence electrons. The molecule has 1 aliphatic rings. The number of hydrogen-bond donors (Lipinski definition) is 1. The monoisotopic (exact) mass is 406 g/mol. The second kappa shape index (κ2) is 8.94. The molecule has 30 heavy (non-hydrogen) atoms. The number of carbonyl (C=O) groups excluding carboxylic acids is 1. The van der Waals surface area contributed by atoms with Crippen LogP contribution in [0.25, 0.3) is 11.3 Å². The van der Waals surface area contributed by atoms with E-state index in [1.54, 1.807) is 31.1 Å². The summed E-state index contributed by atoms with van der Waals surface area (Å²) in [6.07, 6.45) is 5.35. The lowest BCUT2D eigenvalue weighted by Crippen LogP contribution is -2.31. The van der Waals surface area contributed by atoms with Gasteiger partial charge in [-0.15, -0.1) is 0 Å². The summed E-state index contributed by atoms with van der Waals surface area (Å²) < 4.78 is 6.86. The van der Waals surface area contributed by atoms with E-state index < -0.39 is 0 Å². The van der Waals surface area contributed by atoms with Crippen LogP contribution in [0.3, 0.4) is 0 Å². The maximum Gasteiger partial charge on any atom is 0.269 e. The predicted molar refractivity (Wildman–Crippen MR) is 114 cm³/mol. The van der Waals surface area contributed by atoms with Crippen LogP contribution in [0, 0.1) is 0 Å². The van der Waals surface area contributed by atoms with Crippen LogP contribution < -0.4 is 15.0 Å². The van der Waals surface area contributed by atoms with Crippen LogP contribution in [-0.4, -0.2) is 45.9 Å². The van der Waals surface area contributed by atoms with Gasteiger partial charge in [0.05, 0.1) is 25.0 Å². The van der Waals surface area contributed by atoms with E-state index >= 15 is 0 Å². The van der Waals surface area contributed by atoms with Crippen molar-refractivity contribution in [1.29, 1.82) is 0 Å². The number of piperidine rings is 1. The highest BCUT2D eigenvalue weighted by Gasteiger charge is 2.16. The van der Waals surface area contributed by atoms with E-state index in [9.17, 15) is 4.79 Å². The van der Waals surface area contributed by atoms with E-state index in [2.05, 4.69) is 25.3 Å². The first kappa shape index (κ1) is 19.9. The second-order valence-electron chi connectivity index (χ2n) is 7.35. The standard InChI is InChI=1S/C22H26N6O2/c1-27-20(14-19(26-27)16-7-6-8-18(13-16)30-2)21(29)24-15-17-9-10-23-22(25-17)28-11-4-3-5-12-28/h6-10,13-14H,3-5,11-12,15H2,1-2H3,(H,24,29). The van der Waals surface area contributed by atoms with Gasteiger partial charge in [0.25, 0.3) is 5.91 Å². The van der Waals surface area contributed by atoms with Crippen LogP contribution in [0.4, 0.5) is 5.95 Å². The minimum atomic E-state index is -0.197. The van der Waals surface area contributed by atoms with Crippen molar-refractivity contribution in [2.24, 2.45) is 7.05 Å². The van der Waals surface area contributed by atoms with Gasteiger partial charge >= 0.3 is 0 Å². The van der Waals surface area contributed by atoms with Crippen molar-refractivity contribution in [2.75, 3.05) is 25.1 Å². The molecule has 1 N–H and O–H groups in total. The van der Waals surface area contributed by atoms with Gasteiger partial charge in [-0.25, -0.2) is 9.97 Å². The molecule has 0 aliphatic carbocycles. The summed E-state index contributed by atoms with van der Waals surface area (Å²) in [4.78, 5) is 24.0. The van der Waals surface area contributed by atoms with Crippen molar-refractivity contribution >= 4 is 11.9 Å². The minimum Gasteiger partial charge on any atom is -0.497 e. The molecular weight excluding hydrogens is 380 g/mol. The van der Waals surface area contributed by atoms with Crippen LogP contribution in [0.5, 0.6) is 5.75 Å². The molecule has 0 saturated carbocycles. The molecule has 3 aromatic rings. The van der Waals surface area contributed by atoms with Crippen LogP contribution in [0.15, 0.2) is 42.6 Å². The quantitative estimate of drug-likeness (QED) is 0.678. The third-order valence-electron chi connectivity index (χ3n) is 5.25. The average molecular weight is 406 g/mol. The van der Waals surface area contributed by atoms with Crippen molar-refractivity contribution in [2.45, 2.75) is 25.8 Å². The zero-order valence-corrected chi connectivity index (χ0v) is 17.3. The molecule has 0 radical (unpaired) electrons. The van der Waals surface area contributed by atoms with Gasteiger partial charge in [0.2, 0.25) is 5.95 Å². The summed E-state index contributed by atoms with van der Waals surface area (Å²) in [7, 11) is 3.39. The first-order valence-electron chi connectivity index (χ1n) is 10.2. The summed E-state index contributed by atoms with van der Waals surface area (Å²) >= 11 is 0. The molecule has 1 amide bonds. The van der Waals surface area contributed by atoms with Crippen LogP contribution >= 0.6 is 0 Å². The molecular formula is C22H26N6O2. The number of methoxy groups -OCH3 is 1. The molecule has 0 bridgehead atoms. The Morgan fingerprint density at radius 1 is 1.17 bits per heavy atom. The van der Waals surface area contributed by atoms with Crippen molar-refractivity contribution in [3.63, 3.8) is 0 Å². The molecule has 0 spiro atoms. The number of ether oxygens (including phenoxy) is 1. The first-order valence-corrected chi connectivity index (χ1v) is 10.2. The molecule has 3 heterocycles. The topological polar surface area (TPSA) is 85.2 Å². The molecule has 1 aromatic carbocycles. The van der Waals surface area contributed by atoms with Crippen LogP contribution in [0.1, 0.15) is 35.4 Å². The number of anilines is 1. The van der Waals surface area contributed by atoms with Gasteiger partial charge in [-0.1, -0.05) is 12.1 Å². The largest absolute Gasteiger partial charge is 0.497 e. The summed E-state index contributed by atoms with van der Waals surface area (Å²) in [5.74, 6) is 1.29. The number of benzene rings is 1. The average Bonchev–Trinajstić information content (AvgIpc) is 3.20. The summed E-state index contributed by atoms with van der Waals surface area (Å²) in [6.45, 7) is 2.30. The SMILES string of the molecule is COc1cccc(-c2cc(C(=O)NCc3ccnc(N4CCCCC4)n3)n(C)n2)c1. The van der Waals surface area contributed by atoms with E-state index in [0.717, 1.165) is 41.7 Å². The molecule has 4 rings (SSSR count). The summed E-state index contributed by atoms with van der Waals surface area (Å²) in [5.41, 5.74) is 2.88. The molecule has 1 saturated heterocycles. The Balaban J connectivity index is 1.44. The Bertz CT molecular complexity index is 1030. The van der Waals surface area contributed by atoms with Crippen molar-refractivity contribution in [3.8, 4) is 17.0 Å². The maximum absolute atomic E-state index is 12.7. The van der Waals surface area contributed by atoms with E-state index in [0.29, 0.717) is 12.2 Å². The molecule has 8 heteroatoms. The van der Waals surface area contributed by atoms with E-state index in [1.165, 1.54) is 19.3 Å². The fraction of sp³-hybridized carbons (Fsp3) is 0.364. The summed E-state index contributed by atoms with van der Waals surface area (Å²) in [5, 5.41) is 7.42. The van der Waals surface area contributed by atoms with E-state index in [1.807, 2.05) is 30.3 Å². The van der Waals surface area contributed by atoms with Gasteiger partial charge < -0.3 is 15.0 Å². The maximum atomic E-state index is 12.7. The number of rotatable bonds is 6. The zero-order chi connectivity index (χ0) is 20.9. The van der Waals surface area contributed by atoms with Gasteiger partial charge in [-0.05, 0) is 43.5 Å². The molecule has 1 aliphatic heterocycles. The Kier molecular flexibility index (Phi) is 5.92. The van der Waals surface area contributed by atoms with E-state index in [4.69, 9.17) is 4.74 Å². The normalized spacial score (nSPS) is 13.9. The number of aromatic nitrogens is 4. The highest BCUT2D eigenvalue weighted by atomic mass is 16.5. The van der Waals surface area contributed by atoms with Gasteiger partial charge in [0, 0.05) is 31.9 Å². The molecule has 8 nitrogen and oxygen atoms in total. The van der Waals surface area contributed by atoms with Crippen LogP contribution in [0.2, 0.25) is 0 Å². The Morgan fingerprint density at radius 2 is 2.00 bits per heavy atom. The Labute approximate surface area is 175 Å². The fourth-order valence-corrected chi connectivity index (χ4v) is 3.59. The second-order valence-corrected chi connectivity index (χ2v) is 7.35. The number of hydrogen-bond acceptors (Lipinski definition) is 6. The lowest BCUT2D eigenvalue weighted by atomic mass is 10.1. The van der Waals surface area contributed by atoms with Gasteiger partial charge in [0.15, 0.2) is 0 Å². The van der Waals surface area contributed by atoms with Crippen molar-refractivity contribution < 1.29 is 9.53 Å². The lowest BCUT2D eigenvalue weighted by Gasteiger charge is -2.26. The fourth-order valence-electron chi connectivity index (χ4n) is 3.59. The highest BCUT2D eigenvalue weighted by Crippen LogP contribution is 2.23. The molecule has 0 unspecified atom stereocenters. The zero-order valence-electron chi connectivity index (χ0n) is 17.3. The Hall–Kier alpha value is -3.42. The van der Waals surface area contributed by atoms with Crippen molar-refractivity contribution in [3.05, 3.63) is 54.0 Å². The Morgan fingerprint density at radius 3 is 2.80 bits per heavy atom. The highest BCUT2D eigenvalue weighted by molar-refractivity contribution is 5.93. The van der Waals surface area contributed by atoms with Crippen LogP contribution in [-0.2, 0) is 13.6 Å². The number of carbonyl (C=O) groups is 1. The number of nitrogens with zero attached hydrogens (tertiary/aromatic N) is 5. The summed E-state index contributed by atoms with van der Waals surface area (Å²) in [6, 6.07) is 11.2. The molecule has 1 fully saturated rings. The van der Waals surface area contributed by atoms with Gasteiger partial charge in [-0.3, -0.25) is 9.48 Å². The molecule has 2 aromatic heterocycles. The van der Waals surface area contributed by atoms with E-state index in [-0.39, 0.29) is 5.91 Å². The lowest BCUT2D eigenvalue weighted by molar-refractivity contribution is 0.0941. The third-order valence-corrected chi connectivity index (χ3v) is 5.25. The first-order chi connectivity index (χ1) is 14.6. The predicted octanol–water partition coefficient (Wildman–Crippen LogP) is 2.81.